The zero-order valence-electron chi connectivity index (χ0n) is 18.1. The number of rotatable bonds is 6. The Morgan fingerprint density at radius 1 is 1.41 bits per heavy atom. The second-order valence-electron chi connectivity index (χ2n) is 7.77. The van der Waals surface area contributed by atoms with Gasteiger partial charge in [-0.15, -0.1) is 0 Å². The van der Waals surface area contributed by atoms with E-state index in [1.54, 1.807) is 34.7 Å². The molecule has 1 rings (SSSR count). The van der Waals surface area contributed by atoms with E-state index in [1.165, 1.54) is 9.80 Å². The maximum absolute atomic E-state index is 12.6. The average Bonchev–Trinajstić information content (AvgIpc) is 2.92. The van der Waals surface area contributed by atoms with Crippen LogP contribution in [0, 0.1) is 50.9 Å². The van der Waals surface area contributed by atoms with Crippen LogP contribution in [0.5, 0.6) is 0 Å². The molecule has 1 fully saturated rings. The van der Waals surface area contributed by atoms with Gasteiger partial charge in [0.2, 0.25) is 11.8 Å². The number of hydrogen-bond acceptors (Lipinski definition) is 4. The first kappa shape index (κ1) is 24.3. The summed E-state index contributed by atoms with van der Waals surface area (Å²) < 4.78 is 13.3. The quantitative estimate of drug-likeness (QED) is 0.469. The van der Waals surface area contributed by atoms with Gasteiger partial charge in [0.05, 0.1) is 5.92 Å². The normalized spacial score (nSPS) is 22.2. The summed E-state index contributed by atoms with van der Waals surface area (Å²) in [5, 5.41) is 2.59. The zero-order valence-corrected chi connectivity index (χ0v) is 21.2. The summed E-state index contributed by atoms with van der Waals surface area (Å²) in [6.45, 7) is 14.1. The molecule has 152 valence electrons. The van der Waals surface area contributed by atoms with E-state index in [9.17, 15) is 14.4 Å². The van der Waals surface area contributed by atoms with Crippen molar-refractivity contribution < 1.29 is 51.6 Å². The fraction of sp³-hybridized carbons (Fsp3) is 0.737. The molecule has 1 N–H and O–H groups in total. The minimum absolute atomic E-state index is 0. The van der Waals surface area contributed by atoms with Crippen LogP contribution in [0.2, 0.25) is 0 Å². The Morgan fingerprint density at radius 2 is 2.00 bits per heavy atom. The first-order valence-corrected chi connectivity index (χ1v) is 8.98. The maximum atomic E-state index is 12.6. The number of carbonyl (C=O) groups excluding carboxylic acids is 3. The van der Waals surface area contributed by atoms with Crippen LogP contribution in [-0.4, -0.2) is 65.5 Å². The van der Waals surface area contributed by atoms with Crippen LogP contribution in [-0.2, 0) is 14.3 Å². The molecule has 0 radical (unpaired) electrons. The predicted molar refractivity (Wildman–Crippen MR) is 100 cm³/mol. The van der Waals surface area contributed by atoms with Gasteiger partial charge in [-0.1, -0.05) is 6.92 Å². The molecule has 1 aliphatic heterocycles. The average molecular weight is 608 g/mol. The molecule has 0 aromatic carbocycles. The van der Waals surface area contributed by atoms with Gasteiger partial charge in [-0.05, 0) is 39.7 Å². The Bertz CT molecular complexity index is 556. The first-order valence-electron chi connectivity index (χ1n) is 9.56. The van der Waals surface area contributed by atoms with Gasteiger partial charge in [0.1, 0.15) is 5.60 Å². The summed E-state index contributed by atoms with van der Waals surface area (Å²) in [6, 6.07) is -1.07. The second kappa shape index (κ2) is 11.3. The number of likely N-dealkylation sites (tertiary alicyclic amines) is 1. The molecule has 0 aromatic heterocycles. The van der Waals surface area contributed by atoms with Gasteiger partial charge in [-0.25, -0.2) is 4.79 Å². The van der Waals surface area contributed by atoms with Crippen LogP contribution in [0.4, 0.5) is 4.79 Å². The first-order chi connectivity index (χ1) is 12.4. The Kier molecular flexibility index (Phi) is 10.2. The molecule has 0 bridgehead atoms. The van der Waals surface area contributed by atoms with Crippen molar-refractivity contribution in [1.29, 1.82) is 0 Å². The Labute approximate surface area is 188 Å². The van der Waals surface area contributed by atoms with E-state index in [-0.39, 0.29) is 55.5 Å². The zero-order chi connectivity index (χ0) is 20.9. The molecule has 0 saturated carbocycles. The van der Waals surface area contributed by atoms with Gasteiger partial charge in [-0.3, -0.25) is 9.59 Å². The summed E-state index contributed by atoms with van der Waals surface area (Å²) in [5.74, 6) is -1.30. The van der Waals surface area contributed by atoms with E-state index in [0.717, 1.165) is 6.42 Å². The van der Waals surface area contributed by atoms with Crippen LogP contribution in [0.1, 0.15) is 48.3 Å². The molecule has 7 nitrogen and oxygen atoms in total. The molecule has 27 heavy (non-hydrogen) atoms. The molecule has 0 aromatic rings. The minimum atomic E-state index is -0.980. The number of carbonyl (C=O) groups is 3. The topological polar surface area (TPSA) is 79.0 Å². The van der Waals surface area contributed by atoms with E-state index < -0.39 is 30.2 Å². The van der Waals surface area contributed by atoms with Crippen LogP contribution in [0.15, 0.2) is 0 Å². The second-order valence-corrected chi connectivity index (χ2v) is 7.77. The molecule has 1 aliphatic rings. The Hall–Kier alpha value is -0.738. The summed E-state index contributed by atoms with van der Waals surface area (Å²) in [6.07, 6.45) is 1.35. The van der Waals surface area contributed by atoms with Gasteiger partial charge in [0.15, 0.2) is 0 Å². The molecule has 1 saturated heterocycles. The third kappa shape index (κ3) is 8.43. The molecule has 1 heterocycles. The molecule has 4 atom stereocenters. The van der Waals surface area contributed by atoms with Gasteiger partial charge in [0.25, 0.3) is 0 Å². The molecular weight excluding hydrogens is 572 g/mol. The maximum Gasteiger partial charge on any atom is 2.00 e. The van der Waals surface area contributed by atoms with Crippen molar-refractivity contribution in [2.75, 3.05) is 20.1 Å². The number of nitrogens with one attached hydrogen (secondary N) is 1. The van der Waals surface area contributed by atoms with E-state index >= 15 is 0 Å². The number of hydrogen-bond donors (Lipinski definition) is 1. The van der Waals surface area contributed by atoms with Gasteiger partial charge in [0, 0.05) is 27.5 Å². The Balaban J connectivity index is 0.00000729. The van der Waals surface area contributed by atoms with E-state index in [2.05, 4.69) is 19.2 Å². The molecular formula is C19H33N3O4U. The standard InChI is InChI=1S/C19H33N3O4.U/c1-8-15-10-9-11-22(15)17(24)14(3)20-16(23)13(2)12-21(7)18(25)26-19(4,5)6;/h13-15H,1,3,8-12H2,2,4-7H3,(H,20,23);/q-2;+2/t13-,14+,15+;/m1./s1/i11T;/t11?,13-,14+,15+;. The van der Waals surface area contributed by atoms with E-state index in [0.29, 0.717) is 12.8 Å². The third-order valence-corrected chi connectivity index (χ3v) is 4.12. The van der Waals surface area contributed by atoms with Crippen molar-refractivity contribution in [2.24, 2.45) is 5.92 Å². The molecule has 3 amide bonds. The van der Waals surface area contributed by atoms with Crippen molar-refractivity contribution in [2.45, 2.75) is 64.6 Å². The van der Waals surface area contributed by atoms with Crippen molar-refractivity contribution >= 4 is 17.9 Å². The monoisotopic (exact) mass is 607 g/mol. The smallest absolute Gasteiger partial charge is 0.444 e. The predicted octanol–water partition coefficient (Wildman–Crippen LogP) is 2.02. The summed E-state index contributed by atoms with van der Waals surface area (Å²) in [7, 11) is 1.55. The van der Waals surface area contributed by atoms with Crippen molar-refractivity contribution in [1.82, 2.24) is 15.1 Å². The minimum Gasteiger partial charge on any atom is -0.444 e. The molecule has 0 spiro atoms. The van der Waals surface area contributed by atoms with Gasteiger partial charge < -0.3 is 33.7 Å². The fourth-order valence-electron chi connectivity index (χ4n) is 2.71. The SMILES string of the molecule is [3H]C1CC[C@H](C[CH2-])N1C(=O)[C@H]([CH2-])NC(=O)[C@H](C)CN(C)C(=O)OC(C)(C)C.[U+2]. The molecule has 0 aliphatic carbocycles. The van der Waals surface area contributed by atoms with Crippen molar-refractivity contribution in [3.63, 3.8) is 0 Å². The third-order valence-electron chi connectivity index (χ3n) is 4.12. The number of amides is 3. The van der Waals surface area contributed by atoms with Crippen LogP contribution < -0.4 is 5.32 Å². The fourth-order valence-corrected chi connectivity index (χ4v) is 2.71. The number of ether oxygens (including phenoxy) is 1. The molecule has 1 unspecified atom stereocenters. The number of nitrogens with zero attached hydrogens (tertiary/aromatic N) is 2. The van der Waals surface area contributed by atoms with Crippen LogP contribution >= 0.6 is 0 Å². The summed E-state index contributed by atoms with van der Waals surface area (Å²) >= 11 is 0. The summed E-state index contributed by atoms with van der Waals surface area (Å²) in [4.78, 5) is 39.8. The summed E-state index contributed by atoms with van der Waals surface area (Å²) in [5.41, 5.74) is -0.616. The molecule has 8 heteroatoms. The van der Waals surface area contributed by atoms with E-state index in [4.69, 9.17) is 6.11 Å². The van der Waals surface area contributed by atoms with Crippen molar-refractivity contribution in [3.05, 3.63) is 13.8 Å². The van der Waals surface area contributed by atoms with Crippen LogP contribution in [0.25, 0.3) is 0 Å². The largest absolute Gasteiger partial charge is 2.00 e. The van der Waals surface area contributed by atoms with Gasteiger partial charge >= 0.3 is 37.2 Å². The Morgan fingerprint density at radius 3 is 2.52 bits per heavy atom. The van der Waals surface area contributed by atoms with Crippen molar-refractivity contribution in [3.8, 4) is 0 Å². The van der Waals surface area contributed by atoms with E-state index in [1.807, 2.05) is 0 Å². The van der Waals surface area contributed by atoms with Gasteiger partial charge in [-0.2, -0.15) is 6.42 Å². The van der Waals surface area contributed by atoms with Crippen LogP contribution in [0.3, 0.4) is 0 Å².